The molecule has 2 aliphatic rings. The highest BCUT2D eigenvalue weighted by molar-refractivity contribution is 5.83. The van der Waals surface area contributed by atoms with E-state index in [1.165, 1.54) is 44.3 Å². The van der Waals surface area contributed by atoms with E-state index in [4.69, 9.17) is 23.7 Å². The van der Waals surface area contributed by atoms with Crippen molar-refractivity contribution < 1.29 is 23.7 Å². The van der Waals surface area contributed by atoms with Crippen molar-refractivity contribution in [3.05, 3.63) is 150 Å². The lowest BCUT2D eigenvalue weighted by atomic mass is 9.85. The zero-order valence-corrected chi connectivity index (χ0v) is 47.8. The summed E-state index contributed by atoms with van der Waals surface area (Å²) in [5.41, 5.74) is 9.68. The van der Waals surface area contributed by atoms with Crippen LogP contribution in [-0.2, 0) is 39.5 Å². The van der Waals surface area contributed by atoms with Gasteiger partial charge in [0.1, 0.15) is 19.5 Å². The van der Waals surface area contributed by atoms with Crippen molar-refractivity contribution in [3.8, 4) is 28.9 Å². The van der Waals surface area contributed by atoms with Crippen molar-refractivity contribution in [2.75, 3.05) is 27.1 Å². The van der Waals surface area contributed by atoms with Gasteiger partial charge in [-0.05, 0) is 96.7 Å². The van der Waals surface area contributed by atoms with Gasteiger partial charge in [-0.25, -0.2) is 15.0 Å². The summed E-state index contributed by atoms with van der Waals surface area (Å²) in [7, 11) is 3.61. The van der Waals surface area contributed by atoms with E-state index in [0.717, 1.165) is 23.0 Å². The molecule has 0 spiro atoms. The van der Waals surface area contributed by atoms with E-state index < -0.39 is 0 Å². The summed E-state index contributed by atoms with van der Waals surface area (Å²) in [5.74, 6) is 4.21. The number of benzene rings is 3. The van der Waals surface area contributed by atoms with E-state index in [1.807, 2.05) is 66.7 Å². The molecule has 0 aliphatic carbocycles. The summed E-state index contributed by atoms with van der Waals surface area (Å²) in [6.07, 6.45) is 12.5. The van der Waals surface area contributed by atoms with Crippen LogP contribution in [0.25, 0.3) is 10.9 Å². The molecule has 0 N–H and O–H groups in total. The summed E-state index contributed by atoms with van der Waals surface area (Å²) < 4.78 is 28.7. The molecule has 0 bridgehead atoms. The molecule has 0 amide bonds. The van der Waals surface area contributed by atoms with Gasteiger partial charge >= 0.3 is 0 Å². The Labute approximate surface area is 437 Å². The number of fused-ring (bicyclic) bond motifs is 3. The molecule has 12 nitrogen and oxygen atoms in total. The standard InChI is InChI=1S/C12H16N2.C12H16O2.C11H14O2.C10H15NO.2C8H12N2/c1-12(2,3)10-6-5-7-11-9(10)8-13-14(11)4;1-12(2,3)9-5-4-6-10-11(9)14-8-7-13-10;1-11(2,3)8-4-5-9-10(6-8)13-7-12-9;1-10(2,3)8-5-6-11-9(7-8)12-4;1-8(2,3)7-4-9-6-10-5-7;1-8(2,3)7-4-5-9-10-6-7/h5-8H,1-4H3;4-6H,7-8H2,1-3H3;4-6H,7H2,1-3H3;5-7H,1-4H3;2*4-6H,1-3H3. The topological polar surface area (TPSA) is 128 Å². The zero-order valence-electron chi connectivity index (χ0n) is 47.8. The molecule has 2 aliphatic heterocycles. The van der Waals surface area contributed by atoms with Gasteiger partial charge in [0.25, 0.3) is 0 Å². The van der Waals surface area contributed by atoms with Crippen LogP contribution in [0, 0.1) is 0 Å². The second-order valence-electron chi connectivity index (χ2n) is 24.2. The molecule has 0 atom stereocenters. The normalized spacial score (nSPS) is 12.9. The monoisotopic (exact) mass is 996 g/mol. The molecule has 0 saturated heterocycles. The molecule has 3 aromatic carbocycles. The summed E-state index contributed by atoms with van der Waals surface area (Å²) in [6, 6.07) is 24.6. The molecule has 6 heterocycles. The van der Waals surface area contributed by atoms with Gasteiger partial charge in [-0.2, -0.15) is 15.3 Å². The molecule has 0 fully saturated rings. The Morgan fingerprint density at radius 1 is 0.479 bits per heavy atom. The van der Waals surface area contributed by atoms with Crippen LogP contribution >= 0.6 is 0 Å². The molecule has 394 valence electrons. The third-order valence-corrected chi connectivity index (χ3v) is 11.9. The van der Waals surface area contributed by atoms with Crippen LogP contribution in [0.4, 0.5) is 0 Å². The zero-order chi connectivity index (χ0) is 54.4. The molecular formula is C61H85N7O5. The first kappa shape index (κ1) is 59.0. The minimum absolute atomic E-state index is 0.103. The smallest absolute Gasteiger partial charge is 0.231 e. The molecular weight excluding hydrogens is 911 g/mol. The Morgan fingerprint density at radius 2 is 1.04 bits per heavy atom. The van der Waals surface area contributed by atoms with Crippen molar-refractivity contribution in [1.29, 1.82) is 0 Å². The van der Waals surface area contributed by atoms with Crippen LogP contribution in [0.1, 0.15) is 158 Å². The van der Waals surface area contributed by atoms with Crippen LogP contribution in [0.2, 0.25) is 0 Å². The van der Waals surface area contributed by atoms with E-state index >= 15 is 0 Å². The molecule has 7 aromatic rings. The average Bonchev–Trinajstić information content (AvgIpc) is 3.97. The minimum atomic E-state index is 0.103. The summed E-state index contributed by atoms with van der Waals surface area (Å²) >= 11 is 0. The molecule has 12 heteroatoms. The highest BCUT2D eigenvalue weighted by Crippen LogP contribution is 2.40. The number of hydrogen-bond acceptors (Lipinski definition) is 11. The van der Waals surface area contributed by atoms with Crippen LogP contribution in [0.15, 0.2) is 116 Å². The Bertz CT molecular complexity index is 2720. The van der Waals surface area contributed by atoms with Gasteiger partial charge in [0, 0.05) is 48.9 Å². The van der Waals surface area contributed by atoms with Crippen LogP contribution < -0.4 is 23.7 Å². The Hall–Kier alpha value is -6.56. The van der Waals surface area contributed by atoms with Gasteiger partial charge in [0.05, 0.1) is 25.0 Å². The SMILES string of the molecule is CC(C)(C)c1ccc2c(c1)OCO2.CC(C)(C)c1cccc2c1OCCO2.CC(C)(C)c1ccnnc1.CC(C)(C)c1cncnc1.COc1cc(C(C)(C)C)ccn1.Cn1ncc2c(C(C)(C)C)cccc21. The second kappa shape index (κ2) is 24.9. The van der Waals surface area contributed by atoms with Crippen LogP contribution in [-0.4, -0.2) is 62.0 Å². The van der Waals surface area contributed by atoms with Crippen molar-refractivity contribution >= 4 is 10.9 Å². The van der Waals surface area contributed by atoms with E-state index in [1.54, 1.807) is 32.0 Å². The Morgan fingerprint density at radius 3 is 1.59 bits per heavy atom. The lowest BCUT2D eigenvalue weighted by Crippen LogP contribution is -2.20. The summed E-state index contributed by atoms with van der Waals surface area (Å²) in [4.78, 5) is 11.9. The number of hydrogen-bond donors (Lipinski definition) is 0. The van der Waals surface area contributed by atoms with Gasteiger partial charge in [-0.1, -0.05) is 155 Å². The number of methoxy groups -OCH3 is 1. The van der Waals surface area contributed by atoms with Gasteiger partial charge in [0.15, 0.2) is 23.0 Å². The predicted octanol–water partition coefficient (Wildman–Crippen LogP) is 14.3. The van der Waals surface area contributed by atoms with Gasteiger partial charge in [0.2, 0.25) is 12.7 Å². The summed E-state index contributed by atoms with van der Waals surface area (Å²) in [6.45, 7) is 40.9. The highest BCUT2D eigenvalue weighted by atomic mass is 16.7. The molecule has 4 aromatic heterocycles. The molecule has 73 heavy (non-hydrogen) atoms. The lowest BCUT2D eigenvalue weighted by molar-refractivity contribution is 0.168. The maximum Gasteiger partial charge on any atom is 0.231 e. The second-order valence-corrected chi connectivity index (χ2v) is 24.2. The lowest BCUT2D eigenvalue weighted by Gasteiger charge is -2.27. The first-order chi connectivity index (χ1) is 33.9. The summed E-state index contributed by atoms with van der Waals surface area (Å²) in [5, 5.41) is 13.1. The quantitative estimate of drug-likeness (QED) is 0.156. The number of rotatable bonds is 1. The fraction of sp³-hybridized carbons (Fsp3) is 0.475. The third kappa shape index (κ3) is 18.2. The molecule has 0 saturated carbocycles. The third-order valence-electron chi connectivity index (χ3n) is 11.9. The van der Waals surface area contributed by atoms with Gasteiger partial charge in [-0.3, -0.25) is 4.68 Å². The molecule has 0 radical (unpaired) electrons. The first-order valence-electron chi connectivity index (χ1n) is 25.1. The number of nitrogens with zero attached hydrogens (tertiary/aromatic N) is 7. The Kier molecular flexibility index (Phi) is 20.1. The van der Waals surface area contributed by atoms with E-state index in [-0.39, 0.29) is 32.5 Å². The minimum Gasteiger partial charge on any atom is -0.486 e. The number of ether oxygens (including phenoxy) is 5. The number of pyridine rings is 1. The number of aromatic nitrogens is 7. The predicted molar refractivity (Wildman–Crippen MR) is 298 cm³/mol. The largest absolute Gasteiger partial charge is 0.486 e. The van der Waals surface area contributed by atoms with Crippen molar-refractivity contribution in [3.63, 3.8) is 0 Å². The molecule has 9 rings (SSSR count). The van der Waals surface area contributed by atoms with Crippen molar-refractivity contribution in [1.82, 2.24) is 34.9 Å². The maximum atomic E-state index is 5.66. The van der Waals surface area contributed by atoms with Gasteiger partial charge in [-0.15, -0.1) is 0 Å². The number of para-hydroxylation sites is 1. The van der Waals surface area contributed by atoms with E-state index in [9.17, 15) is 0 Å². The maximum absolute atomic E-state index is 5.66. The fourth-order valence-electron chi connectivity index (χ4n) is 7.27. The Balaban J connectivity index is 0.000000191. The first-order valence-corrected chi connectivity index (χ1v) is 25.1. The van der Waals surface area contributed by atoms with E-state index in [0.29, 0.717) is 25.9 Å². The van der Waals surface area contributed by atoms with Crippen molar-refractivity contribution in [2.24, 2.45) is 7.05 Å². The number of aryl methyl sites for hydroxylation is 1. The molecule has 0 unspecified atom stereocenters. The van der Waals surface area contributed by atoms with E-state index in [2.05, 4.69) is 191 Å². The van der Waals surface area contributed by atoms with Crippen molar-refractivity contribution in [2.45, 2.75) is 157 Å². The van der Waals surface area contributed by atoms with Gasteiger partial charge < -0.3 is 23.7 Å². The highest BCUT2D eigenvalue weighted by Gasteiger charge is 2.24. The van der Waals surface area contributed by atoms with Crippen LogP contribution in [0.5, 0.6) is 28.9 Å². The van der Waals surface area contributed by atoms with Crippen LogP contribution in [0.3, 0.4) is 0 Å². The fourth-order valence-corrected chi connectivity index (χ4v) is 7.27. The average molecular weight is 996 g/mol.